The van der Waals surface area contributed by atoms with E-state index in [2.05, 4.69) is 10.3 Å². The highest BCUT2D eigenvalue weighted by Crippen LogP contribution is 2.27. The molecule has 2 aromatic carbocycles. The van der Waals surface area contributed by atoms with Gasteiger partial charge in [-0.05, 0) is 36.4 Å². The Morgan fingerprint density at radius 3 is 2.62 bits per heavy atom. The molecule has 0 saturated heterocycles. The molecule has 4 aromatic rings. The number of hydrogen-bond donors (Lipinski definition) is 3. The van der Waals surface area contributed by atoms with Crippen LogP contribution in [-0.4, -0.2) is 32.6 Å². The number of nitrogens with one attached hydrogen (secondary N) is 1. The van der Waals surface area contributed by atoms with Crippen molar-refractivity contribution in [2.75, 3.05) is 18.4 Å². The lowest BCUT2D eigenvalue weighted by atomic mass is 10.2. The topological polar surface area (TPSA) is 88.5 Å². The first-order valence-electron chi connectivity index (χ1n) is 7.77. The Balaban J connectivity index is 1.95. The molecule has 2 aromatic heterocycles. The number of hydrogen-bond acceptors (Lipinski definition) is 5. The first kappa shape index (κ1) is 14.5. The Hall–Kier alpha value is -3.12. The van der Waals surface area contributed by atoms with Crippen LogP contribution in [0.1, 0.15) is 0 Å². The van der Waals surface area contributed by atoms with E-state index in [1.54, 1.807) is 12.1 Å². The zero-order chi connectivity index (χ0) is 16.5. The van der Waals surface area contributed by atoms with Crippen molar-refractivity contribution < 1.29 is 5.11 Å². The van der Waals surface area contributed by atoms with Gasteiger partial charge in [0, 0.05) is 24.8 Å². The van der Waals surface area contributed by atoms with E-state index in [9.17, 15) is 5.11 Å². The number of anilines is 1. The number of rotatable bonds is 4. The predicted molar refractivity (Wildman–Crippen MR) is 95.1 cm³/mol. The van der Waals surface area contributed by atoms with E-state index in [0.717, 1.165) is 27.9 Å². The summed E-state index contributed by atoms with van der Waals surface area (Å²) in [5.41, 5.74) is 9.99. The van der Waals surface area contributed by atoms with E-state index < -0.39 is 0 Å². The van der Waals surface area contributed by atoms with Crippen molar-refractivity contribution in [3.8, 4) is 17.0 Å². The van der Waals surface area contributed by atoms with Crippen LogP contribution in [-0.2, 0) is 0 Å². The number of fused-ring (bicyclic) bond motifs is 3. The molecule has 0 bridgehead atoms. The number of aromatic hydroxyl groups is 1. The van der Waals surface area contributed by atoms with Crippen LogP contribution in [0.3, 0.4) is 0 Å². The van der Waals surface area contributed by atoms with Gasteiger partial charge in [-0.25, -0.2) is 9.97 Å². The highest BCUT2D eigenvalue weighted by atomic mass is 16.3. The molecule has 0 amide bonds. The molecular formula is C18H17N5O. The van der Waals surface area contributed by atoms with Gasteiger partial charge < -0.3 is 16.2 Å². The Morgan fingerprint density at radius 1 is 1.04 bits per heavy atom. The lowest BCUT2D eigenvalue weighted by Gasteiger charge is -2.08. The Labute approximate surface area is 138 Å². The summed E-state index contributed by atoms with van der Waals surface area (Å²) in [5, 5.41) is 12.7. The fourth-order valence-corrected chi connectivity index (χ4v) is 2.74. The van der Waals surface area contributed by atoms with Crippen LogP contribution in [0.15, 0.2) is 54.7 Å². The summed E-state index contributed by atoms with van der Waals surface area (Å²) >= 11 is 0. The quantitative estimate of drug-likeness (QED) is 0.538. The molecule has 0 unspecified atom stereocenters. The van der Waals surface area contributed by atoms with Gasteiger partial charge in [-0.15, -0.1) is 0 Å². The molecule has 0 fully saturated rings. The third-order valence-corrected chi connectivity index (χ3v) is 3.89. The van der Waals surface area contributed by atoms with E-state index in [-0.39, 0.29) is 5.75 Å². The van der Waals surface area contributed by atoms with Crippen molar-refractivity contribution in [3.05, 3.63) is 54.7 Å². The number of aromatic nitrogens is 3. The van der Waals surface area contributed by atoms with Crippen molar-refractivity contribution >= 4 is 22.5 Å². The van der Waals surface area contributed by atoms with Crippen LogP contribution in [0.25, 0.3) is 27.9 Å². The second-order valence-corrected chi connectivity index (χ2v) is 5.53. The monoisotopic (exact) mass is 319 g/mol. The Morgan fingerprint density at radius 2 is 1.83 bits per heavy atom. The number of benzene rings is 2. The van der Waals surface area contributed by atoms with Gasteiger partial charge in [0.2, 0.25) is 0 Å². The van der Waals surface area contributed by atoms with E-state index in [0.29, 0.717) is 18.9 Å². The molecule has 0 spiro atoms. The molecule has 0 radical (unpaired) electrons. The minimum Gasteiger partial charge on any atom is -0.508 e. The standard InChI is InChI=1S/C18H17N5O/c19-9-10-20-17-18-22-15(12-5-7-13(24)8-6-12)11-23(18)16-4-2-1-3-14(16)21-17/h1-8,11,24H,9-10,19H2,(H,20,21). The summed E-state index contributed by atoms with van der Waals surface area (Å²) in [6, 6.07) is 14.9. The summed E-state index contributed by atoms with van der Waals surface area (Å²) in [6.07, 6.45) is 1.99. The van der Waals surface area contributed by atoms with Gasteiger partial charge in [-0.1, -0.05) is 12.1 Å². The van der Waals surface area contributed by atoms with Gasteiger partial charge in [-0.2, -0.15) is 0 Å². The second kappa shape index (κ2) is 5.82. The van der Waals surface area contributed by atoms with Crippen molar-refractivity contribution in [1.29, 1.82) is 0 Å². The predicted octanol–water partition coefficient (Wildman–Crippen LogP) is 2.63. The molecule has 0 aliphatic heterocycles. The minimum absolute atomic E-state index is 0.236. The molecule has 120 valence electrons. The molecule has 0 aliphatic rings. The van der Waals surface area contributed by atoms with Crippen molar-refractivity contribution in [2.24, 2.45) is 5.73 Å². The maximum Gasteiger partial charge on any atom is 0.181 e. The zero-order valence-corrected chi connectivity index (χ0v) is 13.0. The maximum absolute atomic E-state index is 9.47. The molecule has 2 heterocycles. The lowest BCUT2D eigenvalue weighted by molar-refractivity contribution is 0.475. The molecule has 0 aliphatic carbocycles. The lowest BCUT2D eigenvalue weighted by Crippen LogP contribution is -2.14. The highest BCUT2D eigenvalue weighted by molar-refractivity contribution is 5.84. The third-order valence-electron chi connectivity index (χ3n) is 3.89. The molecule has 0 saturated carbocycles. The SMILES string of the molecule is NCCNc1nc2ccccc2n2cc(-c3ccc(O)cc3)nc12. The van der Waals surface area contributed by atoms with Crippen molar-refractivity contribution in [1.82, 2.24) is 14.4 Å². The van der Waals surface area contributed by atoms with Gasteiger partial charge in [0.1, 0.15) is 5.75 Å². The molecule has 4 rings (SSSR count). The number of phenols is 1. The Bertz CT molecular complexity index is 1010. The van der Waals surface area contributed by atoms with E-state index >= 15 is 0 Å². The summed E-state index contributed by atoms with van der Waals surface area (Å²) in [6.45, 7) is 1.15. The van der Waals surface area contributed by atoms with Crippen molar-refractivity contribution in [2.45, 2.75) is 0 Å². The van der Waals surface area contributed by atoms with E-state index in [1.165, 1.54) is 0 Å². The fraction of sp³-hybridized carbons (Fsp3) is 0.111. The summed E-state index contributed by atoms with van der Waals surface area (Å²) in [7, 11) is 0. The number of nitrogens with two attached hydrogens (primary N) is 1. The van der Waals surface area contributed by atoms with Crippen LogP contribution in [0, 0.1) is 0 Å². The van der Waals surface area contributed by atoms with Gasteiger partial charge in [-0.3, -0.25) is 4.40 Å². The van der Waals surface area contributed by atoms with E-state index in [1.807, 2.05) is 47.0 Å². The van der Waals surface area contributed by atoms with Crippen LogP contribution >= 0.6 is 0 Å². The normalized spacial score (nSPS) is 11.2. The molecular weight excluding hydrogens is 302 g/mol. The van der Waals surface area contributed by atoms with Crippen LogP contribution in [0.2, 0.25) is 0 Å². The molecule has 6 nitrogen and oxygen atoms in total. The van der Waals surface area contributed by atoms with Crippen LogP contribution < -0.4 is 11.1 Å². The number of nitrogens with zero attached hydrogens (tertiary/aromatic N) is 3. The zero-order valence-electron chi connectivity index (χ0n) is 13.0. The second-order valence-electron chi connectivity index (χ2n) is 5.53. The van der Waals surface area contributed by atoms with Gasteiger partial charge in [0.05, 0.1) is 16.7 Å². The number of phenolic OH excluding ortho intramolecular Hbond substituents is 1. The number of para-hydroxylation sites is 2. The molecule has 6 heteroatoms. The van der Waals surface area contributed by atoms with Crippen LogP contribution in [0.5, 0.6) is 5.75 Å². The van der Waals surface area contributed by atoms with Crippen LogP contribution in [0.4, 0.5) is 5.82 Å². The van der Waals surface area contributed by atoms with E-state index in [4.69, 9.17) is 10.7 Å². The largest absolute Gasteiger partial charge is 0.508 e. The molecule has 24 heavy (non-hydrogen) atoms. The first-order chi connectivity index (χ1) is 11.8. The average molecular weight is 319 g/mol. The third kappa shape index (κ3) is 2.43. The first-order valence-corrected chi connectivity index (χ1v) is 7.77. The Kier molecular flexibility index (Phi) is 3.51. The minimum atomic E-state index is 0.236. The smallest absolute Gasteiger partial charge is 0.181 e. The number of imidazole rings is 1. The summed E-state index contributed by atoms with van der Waals surface area (Å²) in [4.78, 5) is 9.40. The van der Waals surface area contributed by atoms with Gasteiger partial charge >= 0.3 is 0 Å². The fourth-order valence-electron chi connectivity index (χ4n) is 2.74. The van der Waals surface area contributed by atoms with Gasteiger partial charge in [0.25, 0.3) is 0 Å². The average Bonchev–Trinajstić information content (AvgIpc) is 3.06. The summed E-state index contributed by atoms with van der Waals surface area (Å²) < 4.78 is 2.03. The molecule has 0 atom stereocenters. The highest BCUT2D eigenvalue weighted by Gasteiger charge is 2.12. The molecule has 4 N–H and O–H groups in total. The maximum atomic E-state index is 9.47. The van der Waals surface area contributed by atoms with Crippen molar-refractivity contribution in [3.63, 3.8) is 0 Å². The summed E-state index contributed by atoms with van der Waals surface area (Å²) in [5.74, 6) is 0.948. The van der Waals surface area contributed by atoms with Gasteiger partial charge in [0.15, 0.2) is 11.5 Å².